The molecule has 0 saturated carbocycles. The van der Waals surface area contributed by atoms with Gasteiger partial charge in [-0.2, -0.15) is 0 Å². The summed E-state index contributed by atoms with van der Waals surface area (Å²) in [5.41, 5.74) is 2.32. The van der Waals surface area contributed by atoms with Gasteiger partial charge in [-0.15, -0.1) is 6.42 Å². The Morgan fingerprint density at radius 3 is 2.36 bits per heavy atom. The number of terminal acetylenes is 1. The van der Waals surface area contributed by atoms with E-state index in [0.29, 0.717) is 42.9 Å². The molecule has 0 aliphatic carbocycles. The first-order valence-electron chi connectivity index (χ1n) is 14.5. The van der Waals surface area contributed by atoms with Gasteiger partial charge in [-0.05, 0) is 68.2 Å². The van der Waals surface area contributed by atoms with Crippen LogP contribution < -0.4 is 20.3 Å². The van der Waals surface area contributed by atoms with Crippen molar-refractivity contribution in [3.63, 3.8) is 0 Å². The number of hydrogen-bond acceptors (Lipinski definition) is 8. The molecular formula is C31H38N6O5. The van der Waals surface area contributed by atoms with E-state index in [0.717, 1.165) is 44.7 Å². The molecule has 42 heavy (non-hydrogen) atoms. The molecule has 0 aromatic heterocycles. The highest BCUT2D eigenvalue weighted by molar-refractivity contribution is 6.04. The highest BCUT2D eigenvalue weighted by Gasteiger charge is 2.42. The van der Waals surface area contributed by atoms with Gasteiger partial charge in [0.1, 0.15) is 18.4 Å². The number of hydrogen-bond donors (Lipinski definition) is 2. The van der Waals surface area contributed by atoms with Crippen LogP contribution in [0, 0.1) is 18.3 Å². The zero-order valence-corrected chi connectivity index (χ0v) is 23.7. The summed E-state index contributed by atoms with van der Waals surface area (Å²) in [7, 11) is 0. The van der Waals surface area contributed by atoms with Crippen molar-refractivity contribution in [2.24, 2.45) is 5.92 Å². The minimum absolute atomic E-state index is 0.213. The van der Waals surface area contributed by atoms with Crippen LogP contribution in [0.15, 0.2) is 54.6 Å². The van der Waals surface area contributed by atoms with Gasteiger partial charge >= 0.3 is 12.1 Å². The van der Waals surface area contributed by atoms with Gasteiger partial charge in [-0.1, -0.05) is 41.3 Å². The smallest absolute Gasteiger partial charge is 0.434 e. The highest BCUT2D eigenvalue weighted by atomic mass is 16.7. The molecule has 2 aromatic rings. The summed E-state index contributed by atoms with van der Waals surface area (Å²) in [6, 6.07) is 16.6. The van der Waals surface area contributed by atoms with Crippen LogP contribution >= 0.6 is 0 Å². The number of imide groups is 1. The molecule has 0 bridgehead atoms. The molecule has 2 aromatic carbocycles. The van der Waals surface area contributed by atoms with Crippen molar-refractivity contribution in [1.82, 2.24) is 25.5 Å². The summed E-state index contributed by atoms with van der Waals surface area (Å²) < 4.78 is 5.41. The number of piperazine rings is 1. The van der Waals surface area contributed by atoms with Gasteiger partial charge in [0, 0.05) is 45.0 Å². The Morgan fingerprint density at radius 1 is 0.952 bits per heavy atom. The van der Waals surface area contributed by atoms with Crippen molar-refractivity contribution in [3.8, 4) is 18.1 Å². The molecule has 1 atom stereocenters. The van der Waals surface area contributed by atoms with E-state index in [1.54, 1.807) is 0 Å². The lowest BCUT2D eigenvalue weighted by atomic mass is 9.96. The van der Waals surface area contributed by atoms with Crippen molar-refractivity contribution in [2.75, 3.05) is 63.9 Å². The Hall–Kier alpha value is -4.27. The standard InChI is InChI=1S/C31H38N6O5/c1-2-20-41-27-10-8-26(9-11-27)35-16-18-36(19-17-35)31(40)42-37-29(38)28(33-30(37)39)22-32-21-24-12-14-34(15-13-24)23-25-6-4-3-5-7-25/h1,3-11,24,28,32H,12-23H2,(H,33,39). The number of likely N-dealkylation sites (tertiary alicyclic amines) is 1. The number of benzene rings is 2. The van der Waals surface area contributed by atoms with Crippen LogP contribution in [-0.4, -0.2) is 97.9 Å². The molecule has 4 amide bonds. The first-order chi connectivity index (χ1) is 20.5. The molecule has 11 heteroatoms. The van der Waals surface area contributed by atoms with Crippen LogP contribution in [0.3, 0.4) is 0 Å². The van der Waals surface area contributed by atoms with Crippen molar-refractivity contribution >= 4 is 23.7 Å². The third-order valence-electron chi connectivity index (χ3n) is 7.95. The average molecular weight is 575 g/mol. The third kappa shape index (κ3) is 7.51. The number of carbonyl (C=O) groups excluding carboxylic acids is 3. The molecule has 222 valence electrons. The maximum Gasteiger partial charge on any atom is 0.434 e. The van der Waals surface area contributed by atoms with Crippen LogP contribution in [-0.2, 0) is 16.2 Å². The van der Waals surface area contributed by atoms with Crippen molar-refractivity contribution in [1.29, 1.82) is 0 Å². The van der Waals surface area contributed by atoms with Crippen LogP contribution in [0.5, 0.6) is 5.75 Å². The van der Waals surface area contributed by atoms with Crippen LogP contribution in [0.4, 0.5) is 15.3 Å². The largest absolute Gasteiger partial charge is 0.481 e. The Labute approximate surface area is 246 Å². The number of ether oxygens (including phenoxy) is 1. The van der Waals surface area contributed by atoms with Gasteiger partial charge in [0.2, 0.25) is 0 Å². The first-order valence-corrected chi connectivity index (χ1v) is 14.5. The molecule has 3 aliphatic heterocycles. The van der Waals surface area contributed by atoms with E-state index in [9.17, 15) is 14.4 Å². The fraction of sp³-hybridized carbons (Fsp3) is 0.452. The Morgan fingerprint density at radius 2 is 1.67 bits per heavy atom. The lowest BCUT2D eigenvalue weighted by molar-refractivity contribution is -0.151. The highest BCUT2D eigenvalue weighted by Crippen LogP contribution is 2.22. The summed E-state index contributed by atoms with van der Waals surface area (Å²) in [6.45, 7) is 6.25. The summed E-state index contributed by atoms with van der Waals surface area (Å²) in [6.07, 6.45) is 6.67. The van der Waals surface area contributed by atoms with E-state index in [4.69, 9.17) is 16.0 Å². The maximum absolute atomic E-state index is 12.8. The first kappa shape index (κ1) is 29.2. The number of hydroxylamine groups is 2. The average Bonchev–Trinajstić information content (AvgIpc) is 3.29. The molecular weight excluding hydrogens is 536 g/mol. The molecule has 3 aliphatic rings. The lowest BCUT2D eigenvalue weighted by Crippen LogP contribution is -2.50. The minimum Gasteiger partial charge on any atom is -0.481 e. The minimum atomic E-state index is -0.770. The maximum atomic E-state index is 12.8. The quantitative estimate of drug-likeness (QED) is 0.329. The summed E-state index contributed by atoms with van der Waals surface area (Å²) in [5.74, 6) is 3.08. The fourth-order valence-electron chi connectivity index (χ4n) is 5.52. The zero-order chi connectivity index (χ0) is 29.3. The molecule has 5 rings (SSSR count). The topological polar surface area (TPSA) is 107 Å². The van der Waals surface area contributed by atoms with Crippen molar-refractivity contribution in [3.05, 3.63) is 60.2 Å². The molecule has 0 spiro atoms. The van der Waals surface area contributed by atoms with Gasteiger partial charge < -0.3 is 30.0 Å². The molecule has 3 heterocycles. The Kier molecular flexibility index (Phi) is 9.79. The number of urea groups is 1. The van der Waals surface area contributed by atoms with Crippen LogP contribution in [0.1, 0.15) is 18.4 Å². The van der Waals surface area contributed by atoms with Crippen LogP contribution in [0.2, 0.25) is 0 Å². The summed E-state index contributed by atoms with van der Waals surface area (Å²) in [5, 5.41) is 6.51. The number of nitrogens with zero attached hydrogens (tertiary/aromatic N) is 4. The molecule has 1 unspecified atom stereocenters. The molecule has 3 saturated heterocycles. The van der Waals surface area contributed by atoms with E-state index in [1.165, 1.54) is 10.5 Å². The predicted molar refractivity (Wildman–Crippen MR) is 158 cm³/mol. The second-order valence-corrected chi connectivity index (χ2v) is 10.8. The molecule has 0 radical (unpaired) electrons. The SMILES string of the molecule is C#CCOc1ccc(N2CCN(C(=O)ON3C(=O)NC(CNCC4CCN(Cc5ccccc5)CC4)C3=O)CC2)cc1. The second kappa shape index (κ2) is 14.1. The fourth-order valence-corrected chi connectivity index (χ4v) is 5.52. The lowest BCUT2D eigenvalue weighted by Gasteiger charge is -2.35. The zero-order valence-electron chi connectivity index (χ0n) is 23.7. The van der Waals surface area contributed by atoms with E-state index >= 15 is 0 Å². The van der Waals surface area contributed by atoms with E-state index in [1.807, 2.05) is 30.3 Å². The number of carbonyl (C=O) groups is 3. The number of nitrogens with one attached hydrogen (secondary N) is 2. The number of piperidine rings is 1. The number of anilines is 1. The number of amides is 4. The Balaban J connectivity index is 0.999. The van der Waals surface area contributed by atoms with Gasteiger partial charge in [0.15, 0.2) is 0 Å². The van der Waals surface area contributed by atoms with Gasteiger partial charge in [-0.25, -0.2) is 9.59 Å². The normalized spacial score (nSPS) is 19.9. The van der Waals surface area contributed by atoms with E-state index in [2.05, 4.69) is 50.6 Å². The van der Waals surface area contributed by atoms with Crippen LogP contribution in [0.25, 0.3) is 0 Å². The predicted octanol–water partition coefficient (Wildman–Crippen LogP) is 2.29. The molecule has 3 fully saturated rings. The second-order valence-electron chi connectivity index (χ2n) is 10.8. The Bertz CT molecular complexity index is 1250. The van der Waals surface area contributed by atoms with Gasteiger partial charge in [0.05, 0.1) is 0 Å². The molecule has 11 nitrogen and oxygen atoms in total. The van der Waals surface area contributed by atoms with Gasteiger partial charge in [-0.3, -0.25) is 9.69 Å². The summed E-state index contributed by atoms with van der Waals surface area (Å²) >= 11 is 0. The summed E-state index contributed by atoms with van der Waals surface area (Å²) in [4.78, 5) is 49.4. The van der Waals surface area contributed by atoms with Crippen molar-refractivity contribution < 1.29 is 24.0 Å². The van der Waals surface area contributed by atoms with Crippen molar-refractivity contribution in [2.45, 2.75) is 25.4 Å². The number of rotatable bonds is 10. The van der Waals surface area contributed by atoms with E-state index in [-0.39, 0.29) is 13.2 Å². The monoisotopic (exact) mass is 574 g/mol. The van der Waals surface area contributed by atoms with Gasteiger partial charge in [0.25, 0.3) is 5.91 Å². The third-order valence-corrected chi connectivity index (χ3v) is 7.95. The van der Waals surface area contributed by atoms with E-state index < -0.39 is 24.1 Å². The molecule has 2 N–H and O–H groups in total.